The van der Waals surface area contributed by atoms with Gasteiger partial charge in [-0.2, -0.15) is 0 Å². The van der Waals surface area contributed by atoms with Gasteiger partial charge in [0.15, 0.2) is 0 Å². The van der Waals surface area contributed by atoms with Gasteiger partial charge in [-0.15, -0.1) is 0 Å². The average Bonchev–Trinajstić information content (AvgIpc) is 2.82. The number of hydrogen-bond acceptors (Lipinski definition) is 4. The van der Waals surface area contributed by atoms with E-state index in [2.05, 4.69) is 16.0 Å². The van der Waals surface area contributed by atoms with Crippen molar-refractivity contribution >= 4 is 34.3 Å². The first-order valence-corrected chi connectivity index (χ1v) is 9.96. The molecule has 4 rings (SSSR count). The SMILES string of the molecule is COc1ccccc1Nc1ccccc1C(=O)Nc1ccccc1Nc1ccccc1. The van der Waals surface area contributed by atoms with E-state index >= 15 is 0 Å². The van der Waals surface area contributed by atoms with Gasteiger partial charge < -0.3 is 20.7 Å². The largest absolute Gasteiger partial charge is 0.495 e. The first kappa shape index (κ1) is 20.0. The van der Waals surface area contributed by atoms with Crippen LogP contribution in [0.2, 0.25) is 0 Å². The molecule has 0 fully saturated rings. The Labute approximate surface area is 181 Å². The van der Waals surface area contributed by atoms with Gasteiger partial charge in [0.05, 0.1) is 35.4 Å². The predicted octanol–water partition coefficient (Wildman–Crippen LogP) is 6.43. The third-order valence-corrected chi connectivity index (χ3v) is 4.78. The molecule has 4 aromatic carbocycles. The fourth-order valence-corrected chi connectivity index (χ4v) is 3.25. The van der Waals surface area contributed by atoms with Crippen LogP contribution in [0.5, 0.6) is 5.75 Å². The Morgan fingerprint density at radius 3 is 1.94 bits per heavy atom. The highest BCUT2D eigenvalue weighted by atomic mass is 16.5. The zero-order valence-electron chi connectivity index (χ0n) is 17.1. The molecule has 0 saturated heterocycles. The molecule has 5 heteroatoms. The molecule has 0 spiro atoms. The van der Waals surface area contributed by atoms with Crippen LogP contribution in [0.3, 0.4) is 0 Å². The summed E-state index contributed by atoms with van der Waals surface area (Å²) in [4.78, 5) is 13.2. The maximum absolute atomic E-state index is 13.2. The van der Waals surface area contributed by atoms with Gasteiger partial charge in [-0.05, 0) is 48.5 Å². The zero-order chi connectivity index (χ0) is 21.5. The summed E-state index contributed by atoms with van der Waals surface area (Å²) in [6, 6.07) is 32.5. The second-order valence-electron chi connectivity index (χ2n) is 6.86. The van der Waals surface area contributed by atoms with Gasteiger partial charge in [-0.25, -0.2) is 0 Å². The Morgan fingerprint density at radius 1 is 0.613 bits per heavy atom. The number of amides is 1. The van der Waals surface area contributed by atoms with E-state index in [0.717, 1.165) is 17.1 Å². The van der Waals surface area contributed by atoms with E-state index in [-0.39, 0.29) is 5.91 Å². The molecule has 0 unspecified atom stereocenters. The third kappa shape index (κ3) is 4.85. The van der Waals surface area contributed by atoms with Gasteiger partial charge >= 0.3 is 0 Å². The molecule has 0 bridgehead atoms. The van der Waals surface area contributed by atoms with E-state index in [0.29, 0.717) is 22.7 Å². The number of ether oxygens (including phenoxy) is 1. The van der Waals surface area contributed by atoms with Gasteiger partial charge in [-0.1, -0.05) is 54.6 Å². The molecule has 0 aliphatic heterocycles. The van der Waals surface area contributed by atoms with E-state index in [4.69, 9.17) is 4.74 Å². The number of rotatable bonds is 7. The molecular formula is C26H23N3O2. The number of nitrogens with one attached hydrogen (secondary N) is 3. The summed E-state index contributed by atoms with van der Waals surface area (Å²) in [5.74, 6) is 0.496. The Kier molecular flexibility index (Phi) is 6.14. The Bertz CT molecular complexity index is 1180. The number of benzene rings is 4. The summed E-state index contributed by atoms with van der Waals surface area (Å²) in [7, 11) is 1.62. The van der Waals surface area contributed by atoms with Crippen LogP contribution in [-0.2, 0) is 0 Å². The van der Waals surface area contributed by atoms with Crippen LogP contribution in [0.25, 0.3) is 0 Å². The number of hydrogen-bond donors (Lipinski definition) is 3. The topological polar surface area (TPSA) is 62.4 Å². The van der Waals surface area contributed by atoms with Crippen LogP contribution in [0.15, 0.2) is 103 Å². The summed E-state index contributed by atoms with van der Waals surface area (Å²) in [5, 5.41) is 9.69. The molecule has 0 aromatic heterocycles. The number of para-hydroxylation sites is 6. The standard InChI is InChI=1S/C26H23N3O2/c1-31-25-18-10-9-17-24(25)28-21-14-6-5-13-20(21)26(30)29-23-16-8-7-15-22(23)27-19-11-3-2-4-12-19/h2-18,27-28H,1H3,(H,29,30). The lowest BCUT2D eigenvalue weighted by atomic mass is 10.1. The lowest BCUT2D eigenvalue weighted by Crippen LogP contribution is -2.15. The second-order valence-corrected chi connectivity index (χ2v) is 6.86. The van der Waals surface area contributed by atoms with Crippen LogP contribution in [-0.4, -0.2) is 13.0 Å². The van der Waals surface area contributed by atoms with E-state index in [1.54, 1.807) is 13.2 Å². The van der Waals surface area contributed by atoms with Crippen molar-refractivity contribution in [3.05, 3.63) is 109 Å². The minimum atomic E-state index is -0.208. The minimum Gasteiger partial charge on any atom is -0.495 e. The molecule has 0 heterocycles. The van der Waals surface area contributed by atoms with Gasteiger partial charge in [0.1, 0.15) is 5.75 Å². The first-order valence-electron chi connectivity index (χ1n) is 9.96. The smallest absolute Gasteiger partial charge is 0.257 e. The number of anilines is 5. The van der Waals surface area contributed by atoms with Crippen LogP contribution in [0.1, 0.15) is 10.4 Å². The van der Waals surface area contributed by atoms with Crippen molar-refractivity contribution in [1.29, 1.82) is 0 Å². The molecular weight excluding hydrogens is 386 g/mol. The molecule has 3 N–H and O–H groups in total. The molecule has 31 heavy (non-hydrogen) atoms. The van der Waals surface area contributed by atoms with Crippen LogP contribution in [0, 0.1) is 0 Å². The van der Waals surface area contributed by atoms with Gasteiger partial charge in [0.25, 0.3) is 5.91 Å². The predicted molar refractivity (Wildman–Crippen MR) is 127 cm³/mol. The molecule has 154 valence electrons. The lowest BCUT2D eigenvalue weighted by Gasteiger charge is -2.16. The van der Waals surface area contributed by atoms with E-state index in [9.17, 15) is 4.79 Å². The van der Waals surface area contributed by atoms with Crippen molar-refractivity contribution in [3.8, 4) is 5.75 Å². The van der Waals surface area contributed by atoms with Crippen molar-refractivity contribution in [3.63, 3.8) is 0 Å². The molecule has 0 radical (unpaired) electrons. The molecule has 5 nitrogen and oxygen atoms in total. The van der Waals surface area contributed by atoms with Gasteiger partial charge in [0, 0.05) is 5.69 Å². The Balaban J connectivity index is 1.58. The Morgan fingerprint density at radius 2 is 1.19 bits per heavy atom. The van der Waals surface area contributed by atoms with Crippen molar-refractivity contribution in [1.82, 2.24) is 0 Å². The van der Waals surface area contributed by atoms with Crippen LogP contribution in [0.4, 0.5) is 28.4 Å². The molecule has 1 amide bonds. The Hall–Kier alpha value is -4.25. The fraction of sp³-hybridized carbons (Fsp3) is 0.0385. The van der Waals surface area contributed by atoms with Crippen molar-refractivity contribution in [2.45, 2.75) is 0 Å². The highest BCUT2D eigenvalue weighted by Crippen LogP contribution is 2.30. The fourth-order valence-electron chi connectivity index (χ4n) is 3.25. The van der Waals surface area contributed by atoms with Crippen molar-refractivity contribution in [2.24, 2.45) is 0 Å². The van der Waals surface area contributed by atoms with Crippen LogP contribution >= 0.6 is 0 Å². The van der Waals surface area contributed by atoms with Gasteiger partial charge in [0.2, 0.25) is 0 Å². The molecule has 4 aromatic rings. The highest BCUT2D eigenvalue weighted by molar-refractivity contribution is 6.09. The molecule has 0 atom stereocenters. The highest BCUT2D eigenvalue weighted by Gasteiger charge is 2.14. The number of carbonyl (C=O) groups excluding carboxylic acids is 1. The quantitative estimate of drug-likeness (QED) is 0.329. The summed E-state index contributed by atoms with van der Waals surface area (Å²) in [5.41, 5.74) is 4.47. The maximum atomic E-state index is 13.2. The normalized spacial score (nSPS) is 10.2. The van der Waals surface area contributed by atoms with Crippen LogP contribution < -0.4 is 20.7 Å². The van der Waals surface area contributed by atoms with E-state index in [1.807, 2.05) is 97.1 Å². The third-order valence-electron chi connectivity index (χ3n) is 4.78. The maximum Gasteiger partial charge on any atom is 0.257 e. The summed E-state index contributed by atoms with van der Waals surface area (Å²) >= 11 is 0. The number of carbonyl (C=O) groups is 1. The minimum absolute atomic E-state index is 0.208. The summed E-state index contributed by atoms with van der Waals surface area (Å²) < 4.78 is 5.41. The molecule has 0 saturated carbocycles. The van der Waals surface area contributed by atoms with Crippen molar-refractivity contribution < 1.29 is 9.53 Å². The lowest BCUT2D eigenvalue weighted by molar-refractivity contribution is 0.102. The second kappa shape index (κ2) is 9.50. The number of methoxy groups -OCH3 is 1. The monoisotopic (exact) mass is 409 g/mol. The zero-order valence-corrected chi connectivity index (χ0v) is 17.1. The first-order chi connectivity index (χ1) is 15.2. The van der Waals surface area contributed by atoms with Crippen molar-refractivity contribution in [2.75, 3.05) is 23.1 Å². The molecule has 0 aliphatic rings. The summed E-state index contributed by atoms with van der Waals surface area (Å²) in [6.07, 6.45) is 0. The van der Waals surface area contributed by atoms with E-state index in [1.165, 1.54) is 0 Å². The average molecular weight is 409 g/mol. The van der Waals surface area contributed by atoms with E-state index < -0.39 is 0 Å². The van der Waals surface area contributed by atoms with Gasteiger partial charge in [-0.3, -0.25) is 4.79 Å². The molecule has 0 aliphatic carbocycles. The summed E-state index contributed by atoms with van der Waals surface area (Å²) in [6.45, 7) is 0.